The van der Waals surface area contributed by atoms with Crippen LogP contribution in [0.2, 0.25) is 0 Å². The van der Waals surface area contributed by atoms with Crippen LogP contribution in [0.4, 0.5) is 4.39 Å². The summed E-state index contributed by atoms with van der Waals surface area (Å²) in [5.41, 5.74) is 11.4. The van der Waals surface area contributed by atoms with Crippen molar-refractivity contribution in [3.63, 3.8) is 0 Å². The van der Waals surface area contributed by atoms with Crippen molar-refractivity contribution in [2.75, 3.05) is 0 Å². The zero-order chi connectivity index (χ0) is 53.4. The summed E-state index contributed by atoms with van der Waals surface area (Å²) < 4.78 is 17.4. The van der Waals surface area contributed by atoms with Gasteiger partial charge < -0.3 is 4.57 Å². The summed E-state index contributed by atoms with van der Waals surface area (Å²) in [5.74, 6) is 4.40. The normalized spacial score (nSPS) is 11.3. The predicted octanol–water partition coefficient (Wildman–Crippen LogP) is 16.1. The van der Waals surface area contributed by atoms with E-state index in [1.165, 1.54) is 6.07 Å². The van der Waals surface area contributed by atoms with Gasteiger partial charge in [-0.15, -0.1) is 0 Å². The number of aromatic nitrogens is 10. The van der Waals surface area contributed by atoms with Crippen LogP contribution in [0.25, 0.3) is 141 Å². The van der Waals surface area contributed by atoms with E-state index in [4.69, 9.17) is 44.9 Å². The second-order valence-corrected chi connectivity index (χ2v) is 19.2. The van der Waals surface area contributed by atoms with Gasteiger partial charge in [-0.1, -0.05) is 200 Å². The Bertz CT molecular complexity index is 4230. The molecule has 0 N–H and O–H groups in total. The fourth-order valence-electron chi connectivity index (χ4n) is 10.1. The lowest BCUT2D eigenvalue weighted by Gasteiger charge is -2.17. The SMILES string of the molecule is Fc1cccc(-c2ccc(-c3nc(-c4ccccc4)nc(-c4ccccc4)n3)c(-n3c4ccc(-c5nc(-c6ccccc6)nc(-c6ccccc6)n5)cc4c4cc(-c5nc(-c6ccccc6)nc(-c6ccccc6)n5)ccc43)c2)c1. The van der Waals surface area contributed by atoms with Gasteiger partial charge in [0, 0.05) is 60.8 Å². The highest BCUT2D eigenvalue weighted by Gasteiger charge is 2.23. The molecule has 4 heterocycles. The number of halogens is 1. The van der Waals surface area contributed by atoms with Crippen LogP contribution in [0.3, 0.4) is 0 Å². The van der Waals surface area contributed by atoms with Gasteiger partial charge in [0.25, 0.3) is 0 Å². The van der Waals surface area contributed by atoms with Crippen molar-refractivity contribution in [3.8, 4) is 119 Å². The van der Waals surface area contributed by atoms with E-state index in [-0.39, 0.29) is 5.82 Å². The van der Waals surface area contributed by atoms with E-state index in [1.807, 2.05) is 200 Å². The van der Waals surface area contributed by atoms with E-state index in [0.717, 1.165) is 83.1 Å². The minimum Gasteiger partial charge on any atom is -0.308 e. The smallest absolute Gasteiger partial charge is 0.166 e. The van der Waals surface area contributed by atoms with Gasteiger partial charge >= 0.3 is 0 Å². The molecule has 14 aromatic rings. The van der Waals surface area contributed by atoms with Crippen LogP contribution in [0.5, 0.6) is 0 Å². The molecule has 0 aliphatic carbocycles. The number of fused-ring (bicyclic) bond motifs is 3. The summed E-state index contributed by atoms with van der Waals surface area (Å²) in [4.78, 5) is 46.2. The van der Waals surface area contributed by atoms with E-state index in [2.05, 4.69) is 47.0 Å². The summed E-state index contributed by atoms with van der Waals surface area (Å²) in [6, 6.07) is 85.1. The molecule has 11 heteroatoms. The Balaban J connectivity index is 1.05. The highest BCUT2D eigenvalue weighted by molar-refractivity contribution is 6.12. The number of hydrogen-bond acceptors (Lipinski definition) is 9. The largest absolute Gasteiger partial charge is 0.308 e. The lowest BCUT2D eigenvalue weighted by molar-refractivity contribution is 0.628. The van der Waals surface area contributed by atoms with Crippen LogP contribution in [0, 0.1) is 5.82 Å². The second kappa shape index (κ2) is 20.5. The molecule has 376 valence electrons. The molecular weight excluding hydrogens is 988 g/mol. The molecule has 0 bridgehead atoms. The summed E-state index contributed by atoms with van der Waals surface area (Å²) in [7, 11) is 0. The average molecular weight is 1030 g/mol. The topological polar surface area (TPSA) is 121 Å². The molecule has 0 aliphatic rings. The predicted molar refractivity (Wildman–Crippen MR) is 315 cm³/mol. The molecule has 0 atom stereocenters. The second-order valence-electron chi connectivity index (χ2n) is 19.2. The van der Waals surface area contributed by atoms with Gasteiger partial charge in [0.15, 0.2) is 52.4 Å². The molecule has 0 radical (unpaired) electrons. The van der Waals surface area contributed by atoms with Crippen molar-refractivity contribution in [1.82, 2.24) is 49.4 Å². The van der Waals surface area contributed by atoms with Gasteiger partial charge in [-0.25, -0.2) is 49.2 Å². The third-order valence-corrected chi connectivity index (χ3v) is 14.0. The van der Waals surface area contributed by atoms with Crippen molar-refractivity contribution >= 4 is 21.8 Å². The number of benzene rings is 10. The summed E-state index contributed by atoms with van der Waals surface area (Å²) in [6.07, 6.45) is 0. The van der Waals surface area contributed by atoms with Crippen LogP contribution in [-0.2, 0) is 0 Å². The first-order valence-electron chi connectivity index (χ1n) is 26.1. The molecule has 10 aromatic carbocycles. The summed E-state index contributed by atoms with van der Waals surface area (Å²) >= 11 is 0. The van der Waals surface area contributed by atoms with Gasteiger partial charge in [-0.2, -0.15) is 0 Å². The van der Waals surface area contributed by atoms with Gasteiger partial charge in [0.1, 0.15) is 5.82 Å². The average Bonchev–Trinajstić information content (AvgIpc) is 4.10. The van der Waals surface area contributed by atoms with Gasteiger partial charge in [-0.3, -0.25) is 0 Å². The lowest BCUT2D eigenvalue weighted by atomic mass is 10.0. The zero-order valence-electron chi connectivity index (χ0n) is 42.7. The Morgan fingerprint density at radius 3 is 0.850 bits per heavy atom. The maximum absolute atomic E-state index is 15.2. The number of nitrogens with zero attached hydrogens (tertiary/aromatic N) is 10. The summed E-state index contributed by atoms with van der Waals surface area (Å²) in [6.45, 7) is 0. The highest BCUT2D eigenvalue weighted by Crippen LogP contribution is 2.41. The Labute approximate surface area is 459 Å². The Kier molecular flexibility index (Phi) is 12.1. The van der Waals surface area contributed by atoms with Crippen molar-refractivity contribution in [3.05, 3.63) is 267 Å². The lowest BCUT2D eigenvalue weighted by Crippen LogP contribution is -2.04. The van der Waals surface area contributed by atoms with E-state index < -0.39 is 0 Å². The summed E-state index contributed by atoms with van der Waals surface area (Å²) in [5, 5.41) is 1.80. The van der Waals surface area contributed by atoms with Crippen LogP contribution in [0.15, 0.2) is 261 Å². The maximum atomic E-state index is 15.2. The van der Waals surface area contributed by atoms with Crippen molar-refractivity contribution in [2.45, 2.75) is 0 Å². The van der Waals surface area contributed by atoms with Gasteiger partial charge in [0.05, 0.1) is 16.7 Å². The monoisotopic (exact) mass is 1030 g/mol. The standard InChI is InChI=1S/C69H43FN10/c70-54-33-19-32-50(40-54)51-34-37-55(69-78-65(48-28-15-5-16-29-48)73-66(79-69)49-30-17-6-18-31-49)60(43-51)80-58-38-35-52(67-74-61(44-20-7-1-8-21-44)71-62(75-67)45-22-9-2-10-23-45)41-56(58)57-42-53(36-39-59(57)80)68-76-63(46-24-11-3-12-25-46)72-64(77-68)47-26-13-4-14-27-47/h1-43H. The zero-order valence-corrected chi connectivity index (χ0v) is 42.7. The molecule has 0 saturated heterocycles. The van der Waals surface area contributed by atoms with Gasteiger partial charge in [0.2, 0.25) is 0 Å². The molecule has 0 amide bonds. The molecule has 0 spiro atoms. The van der Waals surface area contributed by atoms with Crippen LogP contribution in [-0.4, -0.2) is 49.4 Å². The first-order chi connectivity index (χ1) is 39.5. The molecule has 0 unspecified atom stereocenters. The molecular formula is C69H43FN10. The molecule has 0 fully saturated rings. The minimum atomic E-state index is -0.337. The molecule has 80 heavy (non-hydrogen) atoms. The Morgan fingerprint density at radius 2 is 0.512 bits per heavy atom. The van der Waals surface area contributed by atoms with Crippen LogP contribution >= 0.6 is 0 Å². The van der Waals surface area contributed by atoms with Crippen LogP contribution < -0.4 is 0 Å². The molecule has 4 aromatic heterocycles. The molecule has 0 aliphatic heterocycles. The Morgan fingerprint density at radius 1 is 0.225 bits per heavy atom. The van der Waals surface area contributed by atoms with Gasteiger partial charge in [-0.05, 0) is 71.8 Å². The van der Waals surface area contributed by atoms with Crippen molar-refractivity contribution in [1.29, 1.82) is 0 Å². The third kappa shape index (κ3) is 9.20. The fraction of sp³-hybridized carbons (Fsp3) is 0. The molecule has 10 nitrogen and oxygen atoms in total. The quantitative estimate of drug-likeness (QED) is 0.125. The van der Waals surface area contributed by atoms with E-state index in [9.17, 15) is 0 Å². The molecule has 0 saturated carbocycles. The van der Waals surface area contributed by atoms with E-state index >= 15 is 4.39 Å². The van der Waals surface area contributed by atoms with Crippen molar-refractivity contribution < 1.29 is 4.39 Å². The first-order valence-corrected chi connectivity index (χ1v) is 26.1. The third-order valence-electron chi connectivity index (χ3n) is 14.0. The van der Waals surface area contributed by atoms with E-state index in [0.29, 0.717) is 58.0 Å². The van der Waals surface area contributed by atoms with Crippen molar-refractivity contribution in [2.24, 2.45) is 0 Å². The fourth-order valence-corrected chi connectivity index (χ4v) is 10.1. The number of rotatable bonds is 11. The number of hydrogen-bond donors (Lipinski definition) is 0. The maximum Gasteiger partial charge on any atom is 0.166 e. The van der Waals surface area contributed by atoms with Crippen LogP contribution in [0.1, 0.15) is 0 Å². The van der Waals surface area contributed by atoms with E-state index in [1.54, 1.807) is 12.1 Å². The minimum absolute atomic E-state index is 0.337. The Hall–Kier alpha value is -11.0. The first kappa shape index (κ1) is 47.4. The molecule has 14 rings (SSSR count). The highest BCUT2D eigenvalue weighted by atomic mass is 19.1.